The average Bonchev–Trinajstić information content (AvgIpc) is 2.51. The molecule has 0 N–H and O–H groups in total. The molecule has 0 radical (unpaired) electrons. The van der Waals surface area contributed by atoms with Gasteiger partial charge in [-0.2, -0.15) is 0 Å². The van der Waals surface area contributed by atoms with Crippen molar-refractivity contribution in [1.82, 2.24) is 9.97 Å². The Labute approximate surface area is 130 Å². The first kappa shape index (κ1) is 15.6. The van der Waals surface area contributed by atoms with Gasteiger partial charge in [-0.25, -0.2) is 9.97 Å². The quantitative estimate of drug-likeness (QED) is 0.817. The fourth-order valence-electron chi connectivity index (χ4n) is 2.18. The third kappa shape index (κ3) is 3.85. The molecule has 0 saturated heterocycles. The highest BCUT2D eigenvalue weighted by molar-refractivity contribution is 6.31. The number of nitrogens with zero attached hydrogens (tertiary/aromatic N) is 2. The van der Waals surface area contributed by atoms with Crippen molar-refractivity contribution in [2.45, 2.75) is 26.2 Å². The minimum Gasteiger partial charge on any atom is -0.493 e. The number of ether oxygens (including phenoxy) is 2. The topological polar surface area (TPSA) is 44.2 Å². The molecule has 0 unspecified atom stereocenters. The van der Waals surface area contributed by atoms with Gasteiger partial charge in [-0.1, -0.05) is 17.7 Å². The molecule has 0 spiro atoms. The summed E-state index contributed by atoms with van der Waals surface area (Å²) in [4.78, 5) is 8.32. The lowest BCUT2D eigenvalue weighted by Crippen LogP contribution is -1.98. The van der Waals surface area contributed by atoms with E-state index in [1.54, 1.807) is 20.5 Å². The monoisotopic (exact) mass is 306 g/mol. The molecule has 0 aliphatic heterocycles. The van der Waals surface area contributed by atoms with Crippen molar-refractivity contribution in [3.63, 3.8) is 0 Å². The molecule has 1 heterocycles. The van der Waals surface area contributed by atoms with Crippen LogP contribution in [-0.4, -0.2) is 24.2 Å². The van der Waals surface area contributed by atoms with Crippen LogP contribution >= 0.6 is 11.6 Å². The van der Waals surface area contributed by atoms with E-state index in [9.17, 15) is 0 Å². The average molecular weight is 307 g/mol. The van der Waals surface area contributed by atoms with E-state index in [4.69, 9.17) is 21.1 Å². The molecule has 112 valence electrons. The van der Waals surface area contributed by atoms with Gasteiger partial charge in [0.1, 0.15) is 6.33 Å². The van der Waals surface area contributed by atoms with Crippen molar-refractivity contribution >= 4 is 11.6 Å². The van der Waals surface area contributed by atoms with E-state index in [1.807, 2.05) is 25.1 Å². The number of aromatic nitrogens is 2. The zero-order chi connectivity index (χ0) is 15.2. The predicted octanol–water partition coefficient (Wildman–Crippen LogP) is 3.63. The highest BCUT2D eigenvalue weighted by Gasteiger charge is 2.07. The maximum absolute atomic E-state index is 6.20. The van der Waals surface area contributed by atoms with Crippen LogP contribution in [0.4, 0.5) is 0 Å². The molecule has 0 aliphatic carbocycles. The Bertz CT molecular complexity index is 617. The second-order valence-electron chi connectivity index (χ2n) is 4.76. The van der Waals surface area contributed by atoms with Crippen molar-refractivity contribution in [3.8, 4) is 11.5 Å². The van der Waals surface area contributed by atoms with E-state index < -0.39 is 0 Å². The van der Waals surface area contributed by atoms with Crippen LogP contribution in [0.3, 0.4) is 0 Å². The molecule has 0 fully saturated rings. The summed E-state index contributed by atoms with van der Waals surface area (Å²) in [6.07, 6.45) is 4.29. The molecule has 0 aliphatic rings. The molecule has 21 heavy (non-hydrogen) atoms. The predicted molar refractivity (Wildman–Crippen MR) is 83.4 cm³/mol. The van der Waals surface area contributed by atoms with Gasteiger partial charge >= 0.3 is 0 Å². The van der Waals surface area contributed by atoms with Crippen LogP contribution < -0.4 is 9.47 Å². The summed E-state index contributed by atoms with van der Waals surface area (Å²) in [5, 5.41) is 0.671. The third-order valence-electron chi connectivity index (χ3n) is 3.36. The van der Waals surface area contributed by atoms with Gasteiger partial charge in [-0.15, -0.1) is 0 Å². The molecular formula is C16H19ClN2O2. The number of aryl methyl sites for hydroxylation is 3. The fourth-order valence-corrected chi connectivity index (χ4v) is 2.37. The summed E-state index contributed by atoms with van der Waals surface area (Å²) in [5.41, 5.74) is 2.94. The fraction of sp³-hybridized carbons (Fsp3) is 0.375. The summed E-state index contributed by atoms with van der Waals surface area (Å²) in [6, 6.07) is 5.98. The molecule has 0 amide bonds. The first-order valence-electron chi connectivity index (χ1n) is 6.82. The van der Waals surface area contributed by atoms with E-state index in [0.29, 0.717) is 5.02 Å². The van der Waals surface area contributed by atoms with Gasteiger partial charge in [0.15, 0.2) is 11.5 Å². The molecule has 5 heteroatoms. The van der Waals surface area contributed by atoms with Crippen molar-refractivity contribution in [2.75, 3.05) is 14.2 Å². The highest BCUT2D eigenvalue weighted by atomic mass is 35.5. The summed E-state index contributed by atoms with van der Waals surface area (Å²) >= 11 is 6.20. The maximum atomic E-state index is 6.20. The number of methoxy groups -OCH3 is 2. The summed E-state index contributed by atoms with van der Waals surface area (Å²) in [6.45, 7) is 1.89. The molecule has 1 aromatic heterocycles. The van der Waals surface area contributed by atoms with Gasteiger partial charge in [0.25, 0.3) is 0 Å². The van der Waals surface area contributed by atoms with Crippen LogP contribution in [0, 0.1) is 6.92 Å². The van der Waals surface area contributed by atoms with Crippen LogP contribution in [0.15, 0.2) is 24.5 Å². The molecule has 2 aromatic rings. The number of hydrogen-bond donors (Lipinski definition) is 0. The Kier molecular flexibility index (Phi) is 5.39. The molecule has 0 atom stereocenters. The smallest absolute Gasteiger partial charge is 0.160 e. The normalized spacial score (nSPS) is 10.5. The molecule has 2 rings (SSSR count). The largest absolute Gasteiger partial charge is 0.493 e. The van der Waals surface area contributed by atoms with Crippen molar-refractivity contribution in [2.24, 2.45) is 0 Å². The Morgan fingerprint density at radius 1 is 1.05 bits per heavy atom. The SMILES string of the molecule is COc1ccc(CCCc2ncnc(C)c2Cl)cc1OC. The number of benzene rings is 1. The van der Waals surface area contributed by atoms with E-state index in [-0.39, 0.29) is 0 Å². The van der Waals surface area contributed by atoms with Crippen LogP contribution in [0.1, 0.15) is 23.4 Å². The molecule has 1 aromatic carbocycles. The van der Waals surface area contributed by atoms with Crippen molar-refractivity contribution in [3.05, 3.63) is 46.5 Å². The summed E-state index contributed by atoms with van der Waals surface area (Å²) < 4.78 is 10.5. The highest BCUT2D eigenvalue weighted by Crippen LogP contribution is 2.28. The van der Waals surface area contributed by atoms with Crippen LogP contribution in [-0.2, 0) is 12.8 Å². The lowest BCUT2D eigenvalue weighted by molar-refractivity contribution is 0.354. The first-order valence-corrected chi connectivity index (χ1v) is 7.20. The minimum atomic E-state index is 0.671. The molecule has 4 nitrogen and oxygen atoms in total. The van der Waals surface area contributed by atoms with Gasteiger partial charge in [0.05, 0.1) is 30.6 Å². The molecular weight excluding hydrogens is 288 g/mol. The number of halogens is 1. The Balaban J connectivity index is 1.99. The van der Waals surface area contributed by atoms with E-state index in [1.165, 1.54) is 5.56 Å². The minimum absolute atomic E-state index is 0.671. The van der Waals surface area contributed by atoms with Gasteiger partial charge in [0.2, 0.25) is 0 Å². The second kappa shape index (κ2) is 7.27. The molecule has 0 bridgehead atoms. The van der Waals surface area contributed by atoms with E-state index in [0.717, 1.165) is 42.1 Å². The van der Waals surface area contributed by atoms with Crippen LogP contribution in [0.2, 0.25) is 5.02 Å². The van der Waals surface area contributed by atoms with Crippen LogP contribution in [0.5, 0.6) is 11.5 Å². The third-order valence-corrected chi connectivity index (χ3v) is 3.85. The van der Waals surface area contributed by atoms with Gasteiger partial charge in [0, 0.05) is 0 Å². The van der Waals surface area contributed by atoms with Gasteiger partial charge in [-0.3, -0.25) is 0 Å². The molecule has 0 saturated carbocycles. The van der Waals surface area contributed by atoms with E-state index in [2.05, 4.69) is 9.97 Å². The first-order chi connectivity index (χ1) is 10.2. The van der Waals surface area contributed by atoms with Crippen molar-refractivity contribution < 1.29 is 9.47 Å². The maximum Gasteiger partial charge on any atom is 0.160 e. The zero-order valence-electron chi connectivity index (χ0n) is 12.5. The Morgan fingerprint density at radius 3 is 2.52 bits per heavy atom. The van der Waals surface area contributed by atoms with Crippen molar-refractivity contribution in [1.29, 1.82) is 0 Å². The Hall–Kier alpha value is -1.81. The summed E-state index contributed by atoms with van der Waals surface area (Å²) in [5.74, 6) is 1.50. The Morgan fingerprint density at radius 2 is 1.81 bits per heavy atom. The number of rotatable bonds is 6. The van der Waals surface area contributed by atoms with Crippen LogP contribution in [0.25, 0.3) is 0 Å². The number of hydrogen-bond acceptors (Lipinski definition) is 4. The zero-order valence-corrected chi connectivity index (χ0v) is 13.3. The van der Waals surface area contributed by atoms with Gasteiger partial charge in [-0.05, 0) is 43.9 Å². The van der Waals surface area contributed by atoms with E-state index >= 15 is 0 Å². The lowest BCUT2D eigenvalue weighted by Gasteiger charge is -2.10. The summed E-state index contributed by atoms with van der Waals surface area (Å²) in [7, 11) is 3.28. The second-order valence-corrected chi connectivity index (χ2v) is 5.14. The standard InChI is InChI=1S/C16H19ClN2O2/c1-11-16(17)13(19-10-18-11)6-4-5-12-7-8-14(20-2)15(9-12)21-3/h7-10H,4-6H2,1-3H3. The van der Waals surface area contributed by atoms with Gasteiger partial charge < -0.3 is 9.47 Å². The lowest BCUT2D eigenvalue weighted by atomic mass is 10.1.